The van der Waals surface area contributed by atoms with E-state index in [1.54, 1.807) is 0 Å². The quantitative estimate of drug-likeness (QED) is 0.748. The van der Waals surface area contributed by atoms with Crippen LogP contribution < -0.4 is 10.1 Å². The van der Waals surface area contributed by atoms with E-state index in [-0.39, 0.29) is 0 Å². The minimum atomic E-state index is 0.462. The smallest absolute Gasteiger partial charge is 0.246 e. The summed E-state index contributed by atoms with van der Waals surface area (Å²) in [7, 11) is 0. The third kappa shape index (κ3) is 2.16. The number of aromatic nitrogens is 2. The Balaban J connectivity index is 1.76. The number of aryl methyl sites for hydroxylation is 1. The minimum Gasteiger partial charge on any atom is -0.437 e. The fourth-order valence-corrected chi connectivity index (χ4v) is 2.45. The number of aliphatic imine (C=N–C) groups is 1. The van der Waals surface area contributed by atoms with Gasteiger partial charge in [0.15, 0.2) is 5.69 Å². The van der Waals surface area contributed by atoms with Gasteiger partial charge in [-0.2, -0.15) is 0 Å². The van der Waals surface area contributed by atoms with Gasteiger partial charge < -0.3 is 10.1 Å². The first kappa shape index (κ1) is 12.8. The van der Waals surface area contributed by atoms with E-state index in [9.17, 15) is 0 Å². The predicted octanol–water partition coefficient (Wildman–Crippen LogP) is 3.15. The van der Waals surface area contributed by atoms with Crippen molar-refractivity contribution in [3.63, 3.8) is 0 Å². The monoisotopic (exact) mass is 290 g/mol. The van der Waals surface area contributed by atoms with E-state index < -0.39 is 0 Å². The van der Waals surface area contributed by atoms with Crippen LogP contribution >= 0.6 is 0 Å². The summed E-state index contributed by atoms with van der Waals surface area (Å²) in [6.45, 7) is 2.50. The first-order valence-electron chi connectivity index (χ1n) is 7.10. The van der Waals surface area contributed by atoms with Crippen molar-refractivity contribution >= 4 is 22.5 Å². The van der Waals surface area contributed by atoms with Gasteiger partial charge in [0.25, 0.3) is 0 Å². The molecule has 0 unspecified atom stereocenters. The van der Waals surface area contributed by atoms with Crippen molar-refractivity contribution < 1.29 is 4.74 Å². The number of hydrogen-bond donors (Lipinski definition) is 1. The molecule has 0 atom stereocenters. The van der Waals surface area contributed by atoms with Gasteiger partial charge in [0.1, 0.15) is 12.4 Å². The Morgan fingerprint density at radius 3 is 2.68 bits per heavy atom. The molecule has 1 aliphatic heterocycles. The summed E-state index contributed by atoms with van der Waals surface area (Å²) >= 11 is 0. The average Bonchev–Trinajstić information content (AvgIpc) is 2.57. The van der Waals surface area contributed by atoms with Crippen LogP contribution in [0.5, 0.6) is 5.75 Å². The van der Waals surface area contributed by atoms with Crippen LogP contribution in [0.2, 0.25) is 0 Å². The van der Waals surface area contributed by atoms with Crippen molar-refractivity contribution in [3.8, 4) is 5.75 Å². The molecule has 2 aromatic carbocycles. The van der Waals surface area contributed by atoms with Gasteiger partial charge in [-0.1, -0.05) is 35.9 Å². The Morgan fingerprint density at radius 2 is 1.82 bits per heavy atom. The van der Waals surface area contributed by atoms with E-state index >= 15 is 0 Å². The number of nitrogens with zero attached hydrogens (tertiary/aromatic N) is 3. The van der Waals surface area contributed by atoms with E-state index in [0.717, 1.165) is 22.3 Å². The molecular formula is C17H14N4O. The molecule has 1 N–H and O–H groups in total. The molecule has 5 heteroatoms. The highest BCUT2D eigenvalue weighted by Gasteiger charge is 2.20. The Hall–Kier alpha value is -2.95. The van der Waals surface area contributed by atoms with E-state index in [2.05, 4.69) is 20.5 Å². The largest absolute Gasteiger partial charge is 0.437 e. The molecule has 3 aromatic rings. The second kappa shape index (κ2) is 5.11. The van der Waals surface area contributed by atoms with Crippen LogP contribution in [0, 0.1) is 6.92 Å². The SMILES string of the molecule is Cc1ccc(OC2=NCNc3c2nnc2ccccc32)cc1. The molecule has 0 fully saturated rings. The predicted molar refractivity (Wildman–Crippen MR) is 86.4 cm³/mol. The lowest BCUT2D eigenvalue weighted by Gasteiger charge is -2.18. The molecule has 0 amide bonds. The van der Waals surface area contributed by atoms with E-state index in [0.29, 0.717) is 18.3 Å². The zero-order chi connectivity index (χ0) is 14.9. The molecule has 4 rings (SSSR count). The molecule has 0 saturated heterocycles. The van der Waals surface area contributed by atoms with Crippen LogP contribution in [0.3, 0.4) is 0 Å². The molecule has 5 nitrogen and oxygen atoms in total. The third-order valence-corrected chi connectivity index (χ3v) is 3.58. The van der Waals surface area contributed by atoms with Gasteiger partial charge >= 0.3 is 0 Å². The van der Waals surface area contributed by atoms with Crippen LogP contribution in [0.1, 0.15) is 11.3 Å². The van der Waals surface area contributed by atoms with E-state index in [1.165, 1.54) is 5.56 Å². The van der Waals surface area contributed by atoms with Crippen LogP contribution in [0.25, 0.3) is 10.9 Å². The fraction of sp³-hybridized carbons (Fsp3) is 0.118. The van der Waals surface area contributed by atoms with Gasteiger partial charge in [-0.25, -0.2) is 4.99 Å². The number of anilines is 1. The van der Waals surface area contributed by atoms with Crippen LogP contribution in [-0.4, -0.2) is 22.8 Å². The summed E-state index contributed by atoms with van der Waals surface area (Å²) in [6, 6.07) is 15.7. The Bertz CT molecular complexity index is 871. The van der Waals surface area contributed by atoms with Gasteiger partial charge in [0.2, 0.25) is 5.90 Å². The maximum absolute atomic E-state index is 5.89. The third-order valence-electron chi connectivity index (χ3n) is 3.58. The Labute approximate surface area is 127 Å². The Morgan fingerprint density at radius 1 is 1.00 bits per heavy atom. The molecule has 2 heterocycles. The number of ether oxygens (including phenoxy) is 1. The minimum absolute atomic E-state index is 0.462. The number of rotatable bonds is 1. The maximum atomic E-state index is 5.89. The zero-order valence-electron chi connectivity index (χ0n) is 12.1. The first-order valence-corrected chi connectivity index (χ1v) is 7.10. The summed E-state index contributed by atoms with van der Waals surface area (Å²) in [4.78, 5) is 4.38. The van der Waals surface area contributed by atoms with Gasteiger partial charge in [-0.15, -0.1) is 10.2 Å². The highest BCUT2D eigenvalue weighted by Crippen LogP contribution is 2.27. The number of hydrogen-bond acceptors (Lipinski definition) is 5. The van der Waals surface area contributed by atoms with Crippen molar-refractivity contribution in [1.29, 1.82) is 0 Å². The average molecular weight is 290 g/mol. The number of nitrogens with one attached hydrogen (secondary N) is 1. The molecule has 0 bridgehead atoms. The van der Waals surface area contributed by atoms with Crippen molar-refractivity contribution in [3.05, 3.63) is 59.8 Å². The van der Waals surface area contributed by atoms with Crippen molar-refractivity contribution in [2.24, 2.45) is 4.99 Å². The zero-order valence-corrected chi connectivity index (χ0v) is 12.1. The van der Waals surface area contributed by atoms with Crippen molar-refractivity contribution in [2.75, 3.05) is 12.0 Å². The number of benzene rings is 2. The fourth-order valence-electron chi connectivity index (χ4n) is 2.45. The lowest BCUT2D eigenvalue weighted by atomic mass is 10.1. The maximum Gasteiger partial charge on any atom is 0.246 e. The van der Waals surface area contributed by atoms with E-state index in [1.807, 2.05) is 55.5 Å². The summed E-state index contributed by atoms with van der Waals surface area (Å²) in [6.07, 6.45) is 0. The number of fused-ring (bicyclic) bond motifs is 3. The second-order valence-electron chi connectivity index (χ2n) is 5.15. The van der Waals surface area contributed by atoms with Crippen LogP contribution in [0.15, 0.2) is 53.5 Å². The standard InChI is InChI=1S/C17H14N4O/c1-11-6-8-12(9-7-11)22-17-16-15(18-10-19-17)13-4-2-3-5-14(13)20-21-16/h2-9,18H,10H2,1H3. The molecule has 108 valence electrons. The molecule has 22 heavy (non-hydrogen) atoms. The molecule has 0 radical (unpaired) electrons. The van der Waals surface area contributed by atoms with Gasteiger partial charge in [0, 0.05) is 5.39 Å². The summed E-state index contributed by atoms with van der Waals surface area (Å²) in [5, 5.41) is 12.8. The highest BCUT2D eigenvalue weighted by molar-refractivity contribution is 6.07. The topological polar surface area (TPSA) is 59.4 Å². The van der Waals surface area contributed by atoms with Crippen molar-refractivity contribution in [1.82, 2.24) is 10.2 Å². The first-order chi connectivity index (χ1) is 10.8. The molecule has 1 aromatic heterocycles. The van der Waals surface area contributed by atoms with E-state index in [4.69, 9.17) is 4.74 Å². The molecule has 0 aliphatic carbocycles. The Kier molecular flexibility index (Phi) is 2.96. The van der Waals surface area contributed by atoms with Crippen LogP contribution in [-0.2, 0) is 0 Å². The van der Waals surface area contributed by atoms with Gasteiger partial charge in [-0.05, 0) is 25.1 Å². The summed E-state index contributed by atoms with van der Waals surface area (Å²) in [5.41, 5.74) is 3.60. The lowest BCUT2D eigenvalue weighted by Crippen LogP contribution is -2.22. The van der Waals surface area contributed by atoms with Crippen molar-refractivity contribution in [2.45, 2.75) is 6.92 Å². The molecule has 0 saturated carbocycles. The highest BCUT2D eigenvalue weighted by atomic mass is 16.5. The molecular weight excluding hydrogens is 276 g/mol. The van der Waals surface area contributed by atoms with Crippen LogP contribution in [0.4, 0.5) is 5.69 Å². The molecule has 1 aliphatic rings. The normalized spacial score (nSPS) is 13.2. The van der Waals surface area contributed by atoms with Gasteiger partial charge in [0.05, 0.1) is 11.2 Å². The van der Waals surface area contributed by atoms with Gasteiger partial charge in [-0.3, -0.25) is 0 Å². The molecule has 0 spiro atoms. The lowest BCUT2D eigenvalue weighted by molar-refractivity contribution is 0.544. The summed E-state index contributed by atoms with van der Waals surface area (Å²) < 4.78 is 5.89. The summed E-state index contributed by atoms with van der Waals surface area (Å²) in [5.74, 6) is 1.24. The second-order valence-corrected chi connectivity index (χ2v) is 5.15.